The summed E-state index contributed by atoms with van der Waals surface area (Å²) in [5.41, 5.74) is 3.51. The van der Waals surface area contributed by atoms with Crippen molar-refractivity contribution in [3.05, 3.63) is 51.9 Å². The molecule has 4 rings (SSSR count). The topological polar surface area (TPSA) is 23.6 Å². The summed E-state index contributed by atoms with van der Waals surface area (Å²) < 4.78 is 0. The van der Waals surface area contributed by atoms with Crippen molar-refractivity contribution in [1.82, 2.24) is 4.90 Å². The molecule has 0 saturated heterocycles. The lowest BCUT2D eigenvalue weighted by atomic mass is 9.93. The molecule has 2 heterocycles. The third kappa shape index (κ3) is 3.13. The van der Waals surface area contributed by atoms with Crippen LogP contribution in [0, 0.1) is 13.8 Å². The molecule has 0 radical (unpaired) electrons. The van der Waals surface area contributed by atoms with Crippen LogP contribution in [0.1, 0.15) is 58.5 Å². The maximum absolute atomic E-state index is 13.2. The molecule has 0 unspecified atom stereocenters. The molecule has 0 bridgehead atoms. The van der Waals surface area contributed by atoms with E-state index in [1.54, 1.807) is 11.3 Å². The molecule has 4 heteroatoms. The average molecular weight is 355 g/mol. The first-order valence-electron chi connectivity index (χ1n) is 9.35. The summed E-state index contributed by atoms with van der Waals surface area (Å²) in [6.07, 6.45) is 6.54. The van der Waals surface area contributed by atoms with E-state index in [1.807, 2.05) is 35.2 Å². The van der Waals surface area contributed by atoms with E-state index in [2.05, 4.69) is 18.7 Å². The van der Waals surface area contributed by atoms with Gasteiger partial charge in [-0.1, -0.05) is 37.5 Å². The highest BCUT2D eigenvalue weighted by molar-refractivity contribution is 7.16. The second-order valence-electron chi connectivity index (χ2n) is 7.35. The third-order valence-corrected chi connectivity index (χ3v) is 7.05. The van der Waals surface area contributed by atoms with Gasteiger partial charge in [0.2, 0.25) is 0 Å². The van der Waals surface area contributed by atoms with Crippen LogP contribution >= 0.6 is 11.3 Å². The first kappa shape index (κ1) is 16.8. The predicted octanol–water partition coefficient (Wildman–Crippen LogP) is 5.12. The van der Waals surface area contributed by atoms with Crippen molar-refractivity contribution in [2.45, 2.75) is 58.5 Å². The van der Waals surface area contributed by atoms with Crippen LogP contribution in [0.4, 0.5) is 5.00 Å². The van der Waals surface area contributed by atoms with Gasteiger partial charge in [0.1, 0.15) is 5.00 Å². The smallest absolute Gasteiger partial charge is 0.260 e. The van der Waals surface area contributed by atoms with Crippen molar-refractivity contribution in [3.63, 3.8) is 0 Å². The largest absolute Gasteiger partial charge is 0.286 e. The van der Waals surface area contributed by atoms with E-state index < -0.39 is 0 Å². The fraction of sp³-hybridized carbons (Fsp3) is 0.476. The van der Waals surface area contributed by atoms with Crippen molar-refractivity contribution < 1.29 is 4.79 Å². The molecule has 3 nitrogen and oxygen atoms in total. The van der Waals surface area contributed by atoms with E-state index in [0.717, 1.165) is 23.8 Å². The van der Waals surface area contributed by atoms with Gasteiger partial charge in [-0.05, 0) is 44.4 Å². The van der Waals surface area contributed by atoms with Crippen LogP contribution in [-0.4, -0.2) is 23.5 Å². The van der Waals surface area contributed by atoms with Crippen LogP contribution in [0.5, 0.6) is 0 Å². The Labute approximate surface area is 154 Å². The molecule has 0 N–H and O–H groups in total. The Morgan fingerprint density at radius 3 is 2.52 bits per heavy atom. The molecule has 0 atom stereocenters. The Kier molecular flexibility index (Phi) is 4.65. The average Bonchev–Trinajstić information content (AvgIpc) is 2.96. The normalized spacial score (nSPS) is 19.0. The lowest BCUT2D eigenvalue weighted by molar-refractivity contribution is 0.0915. The predicted molar refractivity (Wildman–Crippen MR) is 104 cm³/mol. The number of fused-ring (bicyclic) bond motifs is 1. The number of benzene rings is 1. The molecule has 1 aromatic carbocycles. The Balaban J connectivity index is 1.69. The van der Waals surface area contributed by atoms with Crippen LogP contribution in [0.3, 0.4) is 0 Å². The van der Waals surface area contributed by atoms with E-state index in [4.69, 9.17) is 0 Å². The number of hydrogen-bond donors (Lipinski definition) is 0. The molecule has 132 valence electrons. The fourth-order valence-corrected chi connectivity index (χ4v) is 5.30. The summed E-state index contributed by atoms with van der Waals surface area (Å²) in [5.74, 6) is 0.128. The number of thiophene rings is 1. The van der Waals surface area contributed by atoms with Gasteiger partial charge in [-0.3, -0.25) is 14.6 Å². The maximum atomic E-state index is 13.2. The van der Waals surface area contributed by atoms with Gasteiger partial charge in [0.25, 0.3) is 5.91 Å². The molecule has 25 heavy (non-hydrogen) atoms. The molecule has 1 amide bonds. The summed E-state index contributed by atoms with van der Waals surface area (Å²) in [7, 11) is 0. The van der Waals surface area contributed by atoms with E-state index >= 15 is 0 Å². The van der Waals surface area contributed by atoms with Gasteiger partial charge in [-0.2, -0.15) is 0 Å². The Bertz CT molecular complexity index is 762. The number of rotatable bonds is 2. The number of aryl methyl sites for hydroxylation is 1. The summed E-state index contributed by atoms with van der Waals surface area (Å²) in [6, 6.07) is 10.3. The van der Waals surface area contributed by atoms with Crippen LogP contribution in [0.15, 0.2) is 30.3 Å². The summed E-state index contributed by atoms with van der Waals surface area (Å²) in [5, 5.41) is 1.16. The lowest BCUT2D eigenvalue weighted by Gasteiger charge is -2.41. The zero-order chi connectivity index (χ0) is 17.4. The number of anilines is 1. The highest BCUT2D eigenvalue weighted by atomic mass is 32.1. The van der Waals surface area contributed by atoms with Gasteiger partial charge in [0.15, 0.2) is 0 Å². The van der Waals surface area contributed by atoms with Crippen molar-refractivity contribution in [2.75, 3.05) is 11.6 Å². The minimum atomic E-state index is 0.128. The zero-order valence-corrected chi connectivity index (χ0v) is 15.9. The minimum absolute atomic E-state index is 0.128. The highest BCUT2D eigenvalue weighted by Crippen LogP contribution is 2.41. The fourth-order valence-electron chi connectivity index (χ4n) is 4.14. The van der Waals surface area contributed by atoms with E-state index in [0.29, 0.717) is 6.04 Å². The number of amides is 1. The monoisotopic (exact) mass is 354 g/mol. The number of carbonyl (C=O) groups is 1. The molecule has 1 aliphatic heterocycles. The van der Waals surface area contributed by atoms with Gasteiger partial charge in [-0.25, -0.2) is 0 Å². The molecule has 1 aromatic heterocycles. The van der Waals surface area contributed by atoms with Crippen molar-refractivity contribution in [1.29, 1.82) is 0 Å². The Morgan fingerprint density at radius 1 is 1.08 bits per heavy atom. The number of nitrogens with zero attached hydrogens (tertiary/aromatic N) is 2. The molecular weight excluding hydrogens is 328 g/mol. The summed E-state index contributed by atoms with van der Waals surface area (Å²) >= 11 is 1.78. The minimum Gasteiger partial charge on any atom is -0.286 e. The zero-order valence-electron chi connectivity index (χ0n) is 15.1. The Morgan fingerprint density at radius 2 is 1.80 bits per heavy atom. The van der Waals surface area contributed by atoms with Gasteiger partial charge in [-0.15, -0.1) is 11.3 Å². The second kappa shape index (κ2) is 6.93. The highest BCUT2D eigenvalue weighted by Gasteiger charge is 2.34. The molecule has 1 fully saturated rings. The second-order valence-corrected chi connectivity index (χ2v) is 8.55. The lowest BCUT2D eigenvalue weighted by Crippen LogP contribution is -2.49. The van der Waals surface area contributed by atoms with Crippen LogP contribution in [0.25, 0.3) is 0 Å². The first-order valence-corrected chi connectivity index (χ1v) is 10.2. The molecular formula is C21H26N2OS. The molecule has 0 spiro atoms. The molecule has 1 aliphatic carbocycles. The van der Waals surface area contributed by atoms with Crippen LogP contribution < -0.4 is 4.90 Å². The summed E-state index contributed by atoms with van der Waals surface area (Å²) in [6.45, 7) is 6.11. The number of hydrogen-bond acceptors (Lipinski definition) is 3. The van der Waals surface area contributed by atoms with Gasteiger partial charge in [0, 0.05) is 28.6 Å². The van der Waals surface area contributed by atoms with Crippen LogP contribution in [-0.2, 0) is 6.54 Å². The Hall–Kier alpha value is -1.65. The molecule has 2 aromatic rings. The van der Waals surface area contributed by atoms with E-state index in [1.165, 1.54) is 48.1 Å². The van der Waals surface area contributed by atoms with Crippen molar-refractivity contribution in [2.24, 2.45) is 0 Å². The standard InChI is InChI=1S/C21H26N2OS/c1-15-16(2)25-21-19(15)13-22(18-11-7-4-8-12-18)14-23(21)20(24)17-9-5-3-6-10-17/h3,5-6,9-10,18H,4,7-8,11-14H2,1-2H3. The van der Waals surface area contributed by atoms with Crippen molar-refractivity contribution >= 4 is 22.2 Å². The SMILES string of the molecule is Cc1sc2c(c1C)CN(C1CCCCC1)CN2C(=O)c1ccccc1. The number of carbonyl (C=O) groups excluding carboxylic acids is 1. The van der Waals surface area contributed by atoms with E-state index in [9.17, 15) is 4.79 Å². The van der Waals surface area contributed by atoms with Gasteiger partial charge < -0.3 is 0 Å². The quantitative estimate of drug-likeness (QED) is 0.747. The first-order chi connectivity index (χ1) is 12.1. The molecule has 1 saturated carbocycles. The summed E-state index contributed by atoms with van der Waals surface area (Å²) in [4.78, 5) is 19.1. The molecule has 2 aliphatic rings. The third-order valence-electron chi connectivity index (χ3n) is 5.78. The van der Waals surface area contributed by atoms with E-state index in [-0.39, 0.29) is 5.91 Å². The maximum Gasteiger partial charge on any atom is 0.260 e. The van der Waals surface area contributed by atoms with Gasteiger partial charge >= 0.3 is 0 Å². The van der Waals surface area contributed by atoms with Crippen LogP contribution in [0.2, 0.25) is 0 Å². The van der Waals surface area contributed by atoms with Crippen molar-refractivity contribution in [3.8, 4) is 0 Å². The van der Waals surface area contributed by atoms with Gasteiger partial charge in [0.05, 0.1) is 6.67 Å².